The predicted octanol–water partition coefficient (Wildman–Crippen LogP) is 2.02. The van der Waals surface area contributed by atoms with Gasteiger partial charge in [0.2, 0.25) is 0 Å². The Hall–Kier alpha value is -1.82. The second-order valence-corrected chi connectivity index (χ2v) is 3.67. The largest absolute Gasteiger partial charge is 0.345 e. The maximum absolute atomic E-state index is 11.6. The first-order valence-corrected chi connectivity index (χ1v) is 4.77. The van der Waals surface area contributed by atoms with E-state index in [4.69, 9.17) is 5.26 Å². The van der Waals surface area contributed by atoms with Gasteiger partial charge in [-0.2, -0.15) is 5.26 Å². The van der Waals surface area contributed by atoms with Gasteiger partial charge < -0.3 is 4.90 Å². The third-order valence-corrected chi connectivity index (χ3v) is 2.26. The van der Waals surface area contributed by atoms with Crippen LogP contribution in [0.25, 0.3) is 0 Å². The maximum atomic E-state index is 11.6. The van der Waals surface area contributed by atoms with Crippen molar-refractivity contribution >= 4 is 5.91 Å². The van der Waals surface area contributed by atoms with E-state index >= 15 is 0 Å². The van der Waals surface area contributed by atoms with Crippen LogP contribution in [-0.2, 0) is 0 Å². The first-order chi connectivity index (χ1) is 7.06. The number of hydrogen-bond donors (Lipinski definition) is 0. The third-order valence-electron chi connectivity index (χ3n) is 2.26. The van der Waals surface area contributed by atoms with Gasteiger partial charge in [0, 0.05) is 19.7 Å². The van der Waals surface area contributed by atoms with Crippen LogP contribution >= 0.6 is 0 Å². The number of rotatable bonds is 2. The maximum Gasteiger partial charge on any atom is 0.253 e. The summed E-state index contributed by atoms with van der Waals surface area (Å²) >= 11 is 0. The van der Waals surface area contributed by atoms with Crippen LogP contribution < -0.4 is 0 Å². The highest BCUT2D eigenvalue weighted by atomic mass is 16.2. The summed E-state index contributed by atoms with van der Waals surface area (Å²) < 4.78 is 0. The van der Waals surface area contributed by atoms with E-state index in [0.717, 1.165) is 5.56 Å². The molecule has 0 heterocycles. The highest BCUT2D eigenvalue weighted by Crippen LogP contribution is 2.15. The average Bonchev–Trinajstić information content (AvgIpc) is 2.27. The second kappa shape index (κ2) is 4.61. The molecule has 1 unspecified atom stereocenters. The van der Waals surface area contributed by atoms with Crippen molar-refractivity contribution in [1.29, 1.82) is 5.26 Å². The molecule has 0 fully saturated rings. The van der Waals surface area contributed by atoms with Crippen LogP contribution in [0.5, 0.6) is 0 Å². The molecular weight excluding hydrogens is 188 g/mol. The molecule has 0 aliphatic rings. The van der Waals surface area contributed by atoms with Crippen molar-refractivity contribution in [2.45, 2.75) is 12.8 Å². The van der Waals surface area contributed by atoms with Crippen molar-refractivity contribution < 1.29 is 4.79 Å². The van der Waals surface area contributed by atoms with Crippen LogP contribution in [-0.4, -0.2) is 24.9 Å². The topological polar surface area (TPSA) is 44.1 Å². The monoisotopic (exact) mass is 202 g/mol. The lowest BCUT2D eigenvalue weighted by Gasteiger charge is -2.10. The number of amides is 1. The molecule has 1 rings (SSSR count). The zero-order valence-electron chi connectivity index (χ0n) is 9.19. The number of carbonyl (C=O) groups excluding carboxylic acids is 1. The van der Waals surface area contributed by atoms with Crippen LogP contribution in [0.1, 0.15) is 28.8 Å². The zero-order chi connectivity index (χ0) is 11.4. The van der Waals surface area contributed by atoms with Crippen LogP contribution in [0.15, 0.2) is 24.3 Å². The first kappa shape index (κ1) is 11.3. The molecule has 0 aliphatic carbocycles. The Morgan fingerprint density at radius 3 is 2.27 bits per heavy atom. The minimum atomic E-state index is -0.131. The molecule has 1 atom stereocenters. The number of hydrogen-bond acceptors (Lipinski definition) is 2. The average molecular weight is 202 g/mol. The molecule has 1 aromatic carbocycles. The zero-order valence-corrected chi connectivity index (χ0v) is 9.19. The van der Waals surface area contributed by atoms with Gasteiger partial charge in [0.05, 0.1) is 12.0 Å². The Morgan fingerprint density at radius 2 is 1.87 bits per heavy atom. The molecule has 78 valence electrons. The van der Waals surface area contributed by atoms with Crippen LogP contribution in [0.3, 0.4) is 0 Å². The molecule has 0 aromatic heterocycles. The van der Waals surface area contributed by atoms with Crippen molar-refractivity contribution in [3.8, 4) is 6.07 Å². The molecule has 0 saturated carbocycles. The summed E-state index contributed by atoms with van der Waals surface area (Å²) in [6.07, 6.45) is 0. The van der Waals surface area contributed by atoms with Gasteiger partial charge >= 0.3 is 0 Å². The highest BCUT2D eigenvalue weighted by Gasteiger charge is 2.08. The molecule has 0 bridgehead atoms. The minimum Gasteiger partial charge on any atom is -0.345 e. The summed E-state index contributed by atoms with van der Waals surface area (Å²) in [6.45, 7) is 1.84. The molecule has 1 aromatic rings. The standard InChI is InChI=1S/C12H14N2O/c1-9(8-13)10-4-6-11(7-5-10)12(15)14(2)3/h4-7,9H,1-3H3. The minimum absolute atomic E-state index is 0.0221. The number of nitrogens with zero attached hydrogens (tertiary/aromatic N) is 2. The van der Waals surface area contributed by atoms with Crippen molar-refractivity contribution in [3.63, 3.8) is 0 Å². The van der Waals surface area contributed by atoms with Gasteiger partial charge in [-0.1, -0.05) is 12.1 Å². The molecule has 3 nitrogen and oxygen atoms in total. The van der Waals surface area contributed by atoms with Gasteiger partial charge in [-0.05, 0) is 24.6 Å². The van der Waals surface area contributed by atoms with Crippen molar-refractivity contribution in [2.75, 3.05) is 14.1 Å². The quantitative estimate of drug-likeness (QED) is 0.736. The second-order valence-electron chi connectivity index (χ2n) is 3.67. The normalized spacial score (nSPS) is 11.6. The summed E-state index contributed by atoms with van der Waals surface area (Å²) in [6, 6.07) is 9.32. The van der Waals surface area contributed by atoms with Crippen molar-refractivity contribution in [3.05, 3.63) is 35.4 Å². The van der Waals surface area contributed by atoms with E-state index in [-0.39, 0.29) is 11.8 Å². The molecule has 0 N–H and O–H groups in total. The fourth-order valence-electron chi connectivity index (χ4n) is 1.25. The summed E-state index contributed by atoms with van der Waals surface area (Å²) in [5.74, 6) is -0.153. The molecule has 0 spiro atoms. The van der Waals surface area contributed by atoms with E-state index in [1.807, 2.05) is 19.1 Å². The van der Waals surface area contributed by atoms with Gasteiger partial charge in [0.25, 0.3) is 5.91 Å². The Bertz CT molecular complexity index is 387. The Labute approximate surface area is 89.9 Å². The van der Waals surface area contributed by atoms with Crippen LogP contribution in [0.2, 0.25) is 0 Å². The summed E-state index contributed by atoms with van der Waals surface area (Å²) in [4.78, 5) is 13.1. The van der Waals surface area contributed by atoms with Gasteiger partial charge in [-0.25, -0.2) is 0 Å². The molecular formula is C12H14N2O. The van der Waals surface area contributed by atoms with Gasteiger partial charge in [0.15, 0.2) is 0 Å². The lowest BCUT2D eigenvalue weighted by molar-refractivity contribution is 0.0827. The lowest BCUT2D eigenvalue weighted by atomic mass is 10.0. The van der Waals surface area contributed by atoms with E-state index in [1.165, 1.54) is 4.90 Å². The van der Waals surface area contributed by atoms with E-state index in [2.05, 4.69) is 6.07 Å². The van der Waals surface area contributed by atoms with Gasteiger partial charge in [-0.15, -0.1) is 0 Å². The molecule has 15 heavy (non-hydrogen) atoms. The number of benzene rings is 1. The first-order valence-electron chi connectivity index (χ1n) is 4.77. The van der Waals surface area contributed by atoms with Crippen molar-refractivity contribution in [2.24, 2.45) is 0 Å². The van der Waals surface area contributed by atoms with Crippen LogP contribution in [0.4, 0.5) is 0 Å². The highest BCUT2D eigenvalue weighted by molar-refractivity contribution is 5.93. The number of nitriles is 1. The van der Waals surface area contributed by atoms with Gasteiger partial charge in [-0.3, -0.25) is 4.79 Å². The van der Waals surface area contributed by atoms with E-state index in [0.29, 0.717) is 5.56 Å². The Balaban J connectivity index is 2.91. The SMILES string of the molecule is CC(C#N)c1ccc(C(=O)N(C)C)cc1. The lowest BCUT2D eigenvalue weighted by Crippen LogP contribution is -2.21. The fourth-order valence-corrected chi connectivity index (χ4v) is 1.25. The van der Waals surface area contributed by atoms with E-state index < -0.39 is 0 Å². The predicted molar refractivity (Wildman–Crippen MR) is 58.5 cm³/mol. The van der Waals surface area contributed by atoms with E-state index in [1.54, 1.807) is 26.2 Å². The molecule has 0 radical (unpaired) electrons. The van der Waals surface area contributed by atoms with Gasteiger partial charge in [0.1, 0.15) is 0 Å². The van der Waals surface area contributed by atoms with Crippen LogP contribution in [0, 0.1) is 11.3 Å². The fraction of sp³-hybridized carbons (Fsp3) is 0.333. The summed E-state index contributed by atoms with van der Waals surface area (Å²) in [5, 5.41) is 8.73. The molecule has 1 amide bonds. The third kappa shape index (κ3) is 2.57. The summed E-state index contributed by atoms with van der Waals surface area (Å²) in [5.41, 5.74) is 1.58. The smallest absolute Gasteiger partial charge is 0.253 e. The van der Waals surface area contributed by atoms with E-state index in [9.17, 15) is 4.79 Å². The Kier molecular flexibility index (Phi) is 3.46. The number of carbonyl (C=O) groups is 1. The summed E-state index contributed by atoms with van der Waals surface area (Å²) in [7, 11) is 3.43. The Morgan fingerprint density at radius 1 is 1.33 bits per heavy atom. The molecule has 3 heteroatoms. The molecule has 0 saturated heterocycles. The molecule has 0 aliphatic heterocycles. The van der Waals surface area contributed by atoms with Crippen molar-refractivity contribution in [1.82, 2.24) is 4.90 Å².